The van der Waals surface area contributed by atoms with E-state index in [0.717, 1.165) is 24.3 Å². The molecule has 0 amide bonds. The third-order valence-corrected chi connectivity index (χ3v) is 9.41. The number of nitrogens with zero attached hydrogens (tertiary/aromatic N) is 4. The van der Waals surface area contributed by atoms with Crippen molar-refractivity contribution >= 4 is 41.7 Å². The number of rotatable bonds is 12. The summed E-state index contributed by atoms with van der Waals surface area (Å²) in [6.07, 6.45) is 0. The molecule has 41 heavy (non-hydrogen) atoms. The molecular formula is C26H20N4O10Si. The molecule has 0 spiro atoms. The second-order valence-electron chi connectivity index (χ2n) is 8.58. The normalized spacial score (nSPS) is 11.1. The quantitative estimate of drug-likeness (QED) is 0.133. The first-order valence-corrected chi connectivity index (χ1v) is 13.7. The highest BCUT2D eigenvalue weighted by molar-refractivity contribution is 6.92. The van der Waals surface area contributed by atoms with Gasteiger partial charge in [-0.2, -0.15) is 0 Å². The fourth-order valence-corrected chi connectivity index (χ4v) is 7.19. The number of nitro benzene ring substituents is 4. The molecule has 14 nitrogen and oxygen atoms in total. The van der Waals surface area contributed by atoms with Gasteiger partial charge in [0.15, 0.2) is 0 Å². The van der Waals surface area contributed by atoms with E-state index in [1.807, 2.05) is 0 Å². The van der Waals surface area contributed by atoms with Crippen molar-refractivity contribution in [2.24, 2.45) is 0 Å². The van der Waals surface area contributed by atoms with Crippen LogP contribution in [-0.2, 0) is 22.1 Å². The zero-order chi connectivity index (χ0) is 29.6. The lowest BCUT2D eigenvalue weighted by Gasteiger charge is -2.31. The van der Waals surface area contributed by atoms with Crippen LogP contribution in [0.5, 0.6) is 0 Å². The van der Waals surface area contributed by atoms with E-state index < -0.39 is 51.0 Å². The number of hydrogen-bond donors (Lipinski definition) is 0. The summed E-state index contributed by atoms with van der Waals surface area (Å²) < 4.78 is 12.9. The summed E-state index contributed by atoms with van der Waals surface area (Å²) in [5.41, 5.74) is -1.86. The van der Waals surface area contributed by atoms with E-state index in [9.17, 15) is 40.5 Å². The van der Waals surface area contributed by atoms with E-state index in [4.69, 9.17) is 8.85 Å². The molecule has 208 valence electrons. The Labute approximate surface area is 232 Å². The average Bonchev–Trinajstić information content (AvgIpc) is 2.98. The van der Waals surface area contributed by atoms with Crippen LogP contribution in [0.1, 0.15) is 11.1 Å². The highest BCUT2D eigenvalue weighted by atomic mass is 28.4. The minimum absolute atomic E-state index is 0.0502. The van der Waals surface area contributed by atoms with Crippen molar-refractivity contribution in [1.82, 2.24) is 0 Å². The predicted octanol–water partition coefficient (Wildman–Crippen LogP) is 4.31. The second kappa shape index (κ2) is 12.2. The number of nitro groups is 4. The largest absolute Gasteiger partial charge is 0.407 e. The Balaban J connectivity index is 1.81. The van der Waals surface area contributed by atoms with E-state index >= 15 is 0 Å². The van der Waals surface area contributed by atoms with E-state index in [1.54, 1.807) is 60.7 Å². The average molecular weight is 577 g/mol. The molecule has 0 aromatic heterocycles. The fourth-order valence-electron chi connectivity index (χ4n) is 4.13. The number of hydrogen-bond acceptors (Lipinski definition) is 10. The van der Waals surface area contributed by atoms with Crippen LogP contribution < -0.4 is 10.4 Å². The minimum Gasteiger partial charge on any atom is -0.383 e. The standard InChI is InChI=1S/C26H20N4O10Si/c31-27(32)21-13-11-19(25(15-21)29(35)36)17-39-41(23-7-3-1-4-8-23,24-9-5-2-6-10-24)40-18-20-12-14-22(28(33)34)16-26(20)30(37)38/h1-16H,17-18H2. The molecule has 0 saturated carbocycles. The van der Waals surface area contributed by atoms with Crippen LogP contribution in [0, 0.1) is 40.5 Å². The van der Waals surface area contributed by atoms with Crippen LogP contribution in [-0.4, -0.2) is 28.3 Å². The first-order valence-electron chi connectivity index (χ1n) is 11.8. The van der Waals surface area contributed by atoms with E-state index in [0.29, 0.717) is 10.4 Å². The Morgan fingerprint density at radius 3 is 1.20 bits per heavy atom. The van der Waals surface area contributed by atoms with Crippen molar-refractivity contribution in [2.45, 2.75) is 13.2 Å². The maximum absolute atomic E-state index is 11.7. The molecule has 0 radical (unpaired) electrons. The Kier molecular flexibility index (Phi) is 8.52. The molecule has 4 aromatic rings. The summed E-state index contributed by atoms with van der Waals surface area (Å²) in [6.45, 7) is -0.765. The van der Waals surface area contributed by atoms with Gasteiger partial charge in [0.25, 0.3) is 22.7 Å². The van der Waals surface area contributed by atoms with E-state index in [-0.39, 0.29) is 24.3 Å². The van der Waals surface area contributed by atoms with Crippen LogP contribution in [0.3, 0.4) is 0 Å². The molecule has 0 unspecified atom stereocenters. The van der Waals surface area contributed by atoms with Gasteiger partial charge in [0.1, 0.15) is 0 Å². The lowest BCUT2D eigenvalue weighted by atomic mass is 10.2. The highest BCUT2D eigenvalue weighted by Gasteiger charge is 2.44. The van der Waals surface area contributed by atoms with Crippen LogP contribution in [0.15, 0.2) is 97.1 Å². The summed E-state index contributed by atoms with van der Waals surface area (Å²) in [5, 5.41) is 47.0. The lowest BCUT2D eigenvalue weighted by molar-refractivity contribution is -0.395. The molecule has 0 heterocycles. The lowest BCUT2D eigenvalue weighted by Crippen LogP contribution is -2.63. The smallest absolute Gasteiger partial charge is 0.383 e. The summed E-state index contributed by atoms with van der Waals surface area (Å²) in [6, 6.07) is 23.8. The SMILES string of the molecule is O=[N+]([O-])c1ccc(CO[Si](OCc2ccc([N+](=O)[O-])cc2[N+](=O)[O-])(c2ccccc2)c2ccccc2)c([N+](=O)[O-])c1. The maximum Gasteiger partial charge on any atom is 0.407 e. The maximum atomic E-state index is 11.7. The molecule has 0 aliphatic carbocycles. The number of benzene rings is 4. The van der Waals surface area contributed by atoms with Gasteiger partial charge >= 0.3 is 8.56 Å². The van der Waals surface area contributed by atoms with Crippen molar-refractivity contribution in [1.29, 1.82) is 0 Å². The van der Waals surface area contributed by atoms with Crippen LogP contribution in [0.25, 0.3) is 0 Å². The number of non-ortho nitro benzene ring substituents is 2. The summed E-state index contributed by atoms with van der Waals surface area (Å²) in [5.74, 6) is 0. The van der Waals surface area contributed by atoms with Gasteiger partial charge in [-0.1, -0.05) is 60.7 Å². The summed E-state index contributed by atoms with van der Waals surface area (Å²) >= 11 is 0. The molecule has 0 aliphatic heterocycles. The molecule has 0 N–H and O–H groups in total. The van der Waals surface area contributed by atoms with Crippen molar-refractivity contribution < 1.29 is 28.5 Å². The molecule has 4 aromatic carbocycles. The summed E-state index contributed by atoms with van der Waals surface area (Å²) in [7, 11) is -3.81. The van der Waals surface area contributed by atoms with Gasteiger partial charge in [-0.15, -0.1) is 0 Å². The van der Waals surface area contributed by atoms with Gasteiger partial charge in [-0.3, -0.25) is 40.5 Å². The second-order valence-corrected chi connectivity index (χ2v) is 11.5. The van der Waals surface area contributed by atoms with Gasteiger partial charge < -0.3 is 8.85 Å². The Morgan fingerprint density at radius 2 is 0.878 bits per heavy atom. The molecule has 0 fully saturated rings. The van der Waals surface area contributed by atoms with Crippen molar-refractivity contribution in [2.75, 3.05) is 0 Å². The van der Waals surface area contributed by atoms with Gasteiger partial charge in [0.05, 0.1) is 56.2 Å². The van der Waals surface area contributed by atoms with Gasteiger partial charge in [0.2, 0.25) is 0 Å². The van der Waals surface area contributed by atoms with Crippen LogP contribution in [0.2, 0.25) is 0 Å². The molecular weight excluding hydrogens is 556 g/mol. The third-order valence-electron chi connectivity index (χ3n) is 6.12. The molecule has 0 bridgehead atoms. The molecule has 0 atom stereocenters. The molecule has 0 aliphatic rings. The topological polar surface area (TPSA) is 191 Å². The van der Waals surface area contributed by atoms with E-state index in [2.05, 4.69) is 0 Å². The van der Waals surface area contributed by atoms with Crippen molar-refractivity contribution in [3.05, 3.63) is 149 Å². The zero-order valence-corrected chi connectivity index (χ0v) is 22.0. The monoisotopic (exact) mass is 576 g/mol. The third kappa shape index (κ3) is 6.27. The van der Waals surface area contributed by atoms with E-state index in [1.165, 1.54) is 12.1 Å². The van der Waals surface area contributed by atoms with Crippen molar-refractivity contribution in [3.63, 3.8) is 0 Å². The minimum atomic E-state index is -3.81. The Bertz CT molecular complexity index is 1500. The fraction of sp³-hybridized carbons (Fsp3) is 0.0769. The molecule has 15 heteroatoms. The first kappa shape index (κ1) is 28.6. The Hall–Kier alpha value is -5.38. The van der Waals surface area contributed by atoms with Crippen molar-refractivity contribution in [3.8, 4) is 0 Å². The first-order chi connectivity index (χ1) is 19.6. The van der Waals surface area contributed by atoms with Crippen LogP contribution >= 0.6 is 0 Å². The molecule has 4 rings (SSSR count). The van der Waals surface area contributed by atoms with Crippen LogP contribution in [0.4, 0.5) is 22.7 Å². The highest BCUT2D eigenvalue weighted by Crippen LogP contribution is 2.29. The predicted molar refractivity (Wildman–Crippen MR) is 147 cm³/mol. The summed E-state index contributed by atoms with van der Waals surface area (Å²) in [4.78, 5) is 42.9. The van der Waals surface area contributed by atoms with Gasteiger partial charge in [-0.25, -0.2) is 0 Å². The van der Waals surface area contributed by atoms with Gasteiger partial charge in [0, 0.05) is 12.1 Å². The zero-order valence-electron chi connectivity index (χ0n) is 21.0. The van der Waals surface area contributed by atoms with Gasteiger partial charge in [-0.05, 0) is 22.5 Å². The molecule has 0 saturated heterocycles. The Morgan fingerprint density at radius 1 is 0.512 bits per heavy atom.